The molecule has 0 unspecified atom stereocenters. The normalized spacial score (nSPS) is 11.1. The number of nitrogens with one attached hydrogen (secondary N) is 1. The predicted molar refractivity (Wildman–Crippen MR) is 103 cm³/mol. The molecule has 0 amide bonds. The summed E-state index contributed by atoms with van der Waals surface area (Å²) in [5.41, 5.74) is 5.70. The van der Waals surface area contributed by atoms with E-state index in [0.717, 1.165) is 33.2 Å². The van der Waals surface area contributed by atoms with Crippen molar-refractivity contribution in [3.8, 4) is 11.3 Å². The van der Waals surface area contributed by atoms with Gasteiger partial charge in [-0.15, -0.1) is 0 Å². The molecular formula is C21H15Cl2N. The van der Waals surface area contributed by atoms with Gasteiger partial charge in [0.05, 0.1) is 5.69 Å². The van der Waals surface area contributed by atoms with Gasteiger partial charge in [-0.1, -0.05) is 71.7 Å². The second kappa shape index (κ2) is 6.35. The molecule has 1 heterocycles. The van der Waals surface area contributed by atoms with Crippen molar-refractivity contribution in [2.24, 2.45) is 0 Å². The third-order valence-corrected chi connectivity index (χ3v) is 4.83. The Morgan fingerprint density at radius 3 is 2.25 bits per heavy atom. The number of aromatic amines is 1. The highest BCUT2D eigenvalue weighted by Gasteiger charge is 2.15. The molecule has 1 N–H and O–H groups in total. The predicted octanol–water partition coefficient (Wildman–Crippen LogP) is 6.73. The smallest absolute Gasteiger partial charge is 0.0515 e. The standard InChI is InChI=1S/C21H15Cl2N/c22-15-11-9-14(10-12-15)13-18-16-5-2-4-8-20(16)24-21(18)17-6-1-3-7-19(17)23/h1-12,24H,13H2. The zero-order valence-corrected chi connectivity index (χ0v) is 14.4. The summed E-state index contributed by atoms with van der Waals surface area (Å²) in [6, 6.07) is 24.3. The van der Waals surface area contributed by atoms with E-state index in [1.807, 2.05) is 36.4 Å². The maximum Gasteiger partial charge on any atom is 0.0515 e. The van der Waals surface area contributed by atoms with Gasteiger partial charge in [0.1, 0.15) is 0 Å². The van der Waals surface area contributed by atoms with Gasteiger partial charge in [-0.2, -0.15) is 0 Å². The Labute approximate surface area is 150 Å². The topological polar surface area (TPSA) is 15.8 Å². The van der Waals surface area contributed by atoms with Crippen LogP contribution < -0.4 is 0 Å². The van der Waals surface area contributed by atoms with E-state index in [1.165, 1.54) is 16.5 Å². The number of hydrogen-bond donors (Lipinski definition) is 1. The van der Waals surface area contributed by atoms with E-state index in [0.29, 0.717) is 0 Å². The lowest BCUT2D eigenvalue weighted by Crippen LogP contribution is -1.91. The van der Waals surface area contributed by atoms with Crippen LogP contribution in [0.5, 0.6) is 0 Å². The molecule has 118 valence electrons. The molecule has 4 rings (SSSR count). The van der Waals surface area contributed by atoms with Crippen LogP contribution in [0.2, 0.25) is 10.0 Å². The number of benzene rings is 3. The first-order valence-electron chi connectivity index (χ1n) is 7.81. The lowest BCUT2D eigenvalue weighted by molar-refractivity contribution is 1.21. The molecule has 0 atom stereocenters. The first kappa shape index (κ1) is 15.3. The summed E-state index contributed by atoms with van der Waals surface area (Å²) in [6.07, 6.45) is 0.821. The average molecular weight is 352 g/mol. The van der Waals surface area contributed by atoms with Gasteiger partial charge in [0.15, 0.2) is 0 Å². The molecule has 3 aromatic carbocycles. The highest BCUT2D eigenvalue weighted by Crippen LogP contribution is 2.35. The summed E-state index contributed by atoms with van der Waals surface area (Å²) < 4.78 is 0. The van der Waals surface area contributed by atoms with E-state index in [2.05, 4.69) is 41.4 Å². The molecule has 0 spiro atoms. The number of H-pyrrole nitrogens is 1. The zero-order chi connectivity index (χ0) is 16.5. The molecule has 4 aromatic rings. The molecule has 1 nitrogen and oxygen atoms in total. The molecule has 0 saturated heterocycles. The molecule has 0 aliphatic rings. The molecule has 24 heavy (non-hydrogen) atoms. The third kappa shape index (κ3) is 2.82. The van der Waals surface area contributed by atoms with E-state index in [-0.39, 0.29) is 0 Å². The van der Waals surface area contributed by atoms with Crippen LogP contribution in [-0.4, -0.2) is 4.98 Å². The maximum absolute atomic E-state index is 6.44. The summed E-state index contributed by atoms with van der Waals surface area (Å²) in [6.45, 7) is 0. The highest BCUT2D eigenvalue weighted by atomic mass is 35.5. The molecule has 3 heteroatoms. The minimum absolute atomic E-state index is 0.751. The highest BCUT2D eigenvalue weighted by molar-refractivity contribution is 6.33. The average Bonchev–Trinajstić information content (AvgIpc) is 2.96. The Morgan fingerprint density at radius 1 is 0.750 bits per heavy atom. The SMILES string of the molecule is Clc1ccc(Cc2c(-c3ccccc3Cl)[nH]c3ccccc23)cc1. The molecule has 1 aromatic heterocycles. The van der Waals surface area contributed by atoms with Crippen molar-refractivity contribution < 1.29 is 0 Å². The van der Waals surface area contributed by atoms with Crippen LogP contribution in [-0.2, 0) is 6.42 Å². The Balaban J connectivity index is 1.90. The number of rotatable bonds is 3. The monoisotopic (exact) mass is 351 g/mol. The fourth-order valence-electron chi connectivity index (χ4n) is 3.08. The van der Waals surface area contributed by atoms with Crippen LogP contribution in [0.15, 0.2) is 72.8 Å². The van der Waals surface area contributed by atoms with Gasteiger partial charge in [0.2, 0.25) is 0 Å². The van der Waals surface area contributed by atoms with Crippen molar-refractivity contribution in [1.29, 1.82) is 0 Å². The van der Waals surface area contributed by atoms with Crippen molar-refractivity contribution in [1.82, 2.24) is 4.98 Å². The number of hydrogen-bond acceptors (Lipinski definition) is 0. The molecule has 0 aliphatic carbocycles. The summed E-state index contributed by atoms with van der Waals surface area (Å²) in [4.78, 5) is 3.54. The van der Waals surface area contributed by atoms with Crippen LogP contribution in [0, 0.1) is 0 Å². The molecule has 0 radical (unpaired) electrons. The lowest BCUT2D eigenvalue weighted by Gasteiger charge is -2.08. The van der Waals surface area contributed by atoms with E-state index < -0.39 is 0 Å². The van der Waals surface area contributed by atoms with Crippen LogP contribution in [0.1, 0.15) is 11.1 Å². The van der Waals surface area contributed by atoms with Gasteiger partial charge < -0.3 is 4.98 Å². The van der Waals surface area contributed by atoms with Gasteiger partial charge >= 0.3 is 0 Å². The Kier molecular flexibility index (Phi) is 4.05. The third-order valence-electron chi connectivity index (χ3n) is 4.25. The van der Waals surface area contributed by atoms with Gasteiger partial charge in [-0.05, 0) is 35.4 Å². The van der Waals surface area contributed by atoms with Crippen molar-refractivity contribution in [2.75, 3.05) is 0 Å². The Hall–Kier alpha value is -2.22. The summed E-state index contributed by atoms with van der Waals surface area (Å²) >= 11 is 12.5. The second-order valence-corrected chi connectivity index (χ2v) is 6.65. The summed E-state index contributed by atoms with van der Waals surface area (Å²) in [5, 5.41) is 2.73. The number of fused-ring (bicyclic) bond motifs is 1. The van der Waals surface area contributed by atoms with Gasteiger partial charge in [-0.25, -0.2) is 0 Å². The molecule has 0 fully saturated rings. The molecule has 0 aliphatic heterocycles. The van der Waals surface area contributed by atoms with E-state index in [1.54, 1.807) is 0 Å². The van der Waals surface area contributed by atoms with Gasteiger partial charge in [0, 0.05) is 32.9 Å². The van der Waals surface area contributed by atoms with Crippen molar-refractivity contribution in [3.63, 3.8) is 0 Å². The zero-order valence-electron chi connectivity index (χ0n) is 12.9. The van der Waals surface area contributed by atoms with E-state index in [9.17, 15) is 0 Å². The van der Waals surface area contributed by atoms with Crippen molar-refractivity contribution in [2.45, 2.75) is 6.42 Å². The van der Waals surface area contributed by atoms with E-state index in [4.69, 9.17) is 23.2 Å². The van der Waals surface area contributed by atoms with Gasteiger partial charge in [0.25, 0.3) is 0 Å². The Bertz CT molecular complexity index is 1000. The molecular weight excluding hydrogens is 337 g/mol. The van der Waals surface area contributed by atoms with Gasteiger partial charge in [-0.3, -0.25) is 0 Å². The van der Waals surface area contributed by atoms with Crippen molar-refractivity contribution >= 4 is 34.1 Å². The minimum atomic E-state index is 0.751. The lowest BCUT2D eigenvalue weighted by atomic mass is 9.98. The summed E-state index contributed by atoms with van der Waals surface area (Å²) in [7, 11) is 0. The number of halogens is 2. The number of para-hydroxylation sites is 1. The summed E-state index contributed by atoms with van der Waals surface area (Å²) in [5.74, 6) is 0. The van der Waals surface area contributed by atoms with Crippen LogP contribution in [0.3, 0.4) is 0 Å². The fraction of sp³-hybridized carbons (Fsp3) is 0.0476. The Morgan fingerprint density at radius 2 is 1.46 bits per heavy atom. The van der Waals surface area contributed by atoms with E-state index >= 15 is 0 Å². The quantitative estimate of drug-likeness (QED) is 0.421. The molecule has 0 saturated carbocycles. The van der Waals surface area contributed by atoms with Crippen LogP contribution in [0.25, 0.3) is 22.2 Å². The van der Waals surface area contributed by atoms with Crippen molar-refractivity contribution in [3.05, 3.63) is 94.0 Å². The van der Waals surface area contributed by atoms with Crippen LogP contribution >= 0.6 is 23.2 Å². The first-order chi connectivity index (χ1) is 11.7. The fourth-order valence-corrected chi connectivity index (χ4v) is 3.44. The maximum atomic E-state index is 6.44. The number of aromatic nitrogens is 1. The largest absolute Gasteiger partial charge is 0.354 e. The molecule has 0 bridgehead atoms. The first-order valence-corrected chi connectivity index (χ1v) is 8.57. The second-order valence-electron chi connectivity index (χ2n) is 5.81. The van der Waals surface area contributed by atoms with Crippen LogP contribution in [0.4, 0.5) is 0 Å². The minimum Gasteiger partial charge on any atom is -0.354 e.